The Kier molecular flexibility index (Phi) is 7.65. The molecule has 1 heterocycles. The van der Waals surface area contributed by atoms with Gasteiger partial charge in [-0.15, -0.1) is 0 Å². The average molecular weight is 542 g/mol. The van der Waals surface area contributed by atoms with E-state index in [-0.39, 0.29) is 30.4 Å². The van der Waals surface area contributed by atoms with E-state index in [1.54, 1.807) is 24.3 Å². The van der Waals surface area contributed by atoms with E-state index < -0.39 is 0 Å². The summed E-state index contributed by atoms with van der Waals surface area (Å²) < 4.78 is 20.1. The minimum Gasteiger partial charge on any atom is -0.481 e. The van der Waals surface area contributed by atoms with Crippen LogP contribution < -0.4 is 4.74 Å². The van der Waals surface area contributed by atoms with Gasteiger partial charge in [0.2, 0.25) is 0 Å². The van der Waals surface area contributed by atoms with Crippen LogP contribution in [-0.4, -0.2) is 53.8 Å². The molecule has 1 fully saturated rings. The van der Waals surface area contributed by atoms with Crippen molar-refractivity contribution >= 4 is 44.1 Å². The molecule has 8 heteroatoms. The first-order valence-corrected chi connectivity index (χ1v) is 11.2. The lowest BCUT2D eigenvalue weighted by atomic mass is 10.1. The van der Waals surface area contributed by atoms with Gasteiger partial charge in [0.25, 0.3) is 5.91 Å². The van der Waals surface area contributed by atoms with Crippen molar-refractivity contribution in [1.29, 1.82) is 0 Å². The number of nitrogens with zero attached hydrogens (tertiary/aromatic N) is 2. The van der Waals surface area contributed by atoms with Crippen molar-refractivity contribution in [1.82, 2.24) is 9.80 Å². The van der Waals surface area contributed by atoms with E-state index in [9.17, 15) is 14.0 Å². The van der Waals surface area contributed by atoms with Gasteiger partial charge >= 0.3 is 0 Å². The summed E-state index contributed by atoms with van der Waals surface area (Å²) >= 11 is 6.76. The highest BCUT2D eigenvalue weighted by Crippen LogP contribution is 2.34. The summed E-state index contributed by atoms with van der Waals surface area (Å²) in [6.45, 7) is 6.05. The van der Waals surface area contributed by atoms with Crippen molar-refractivity contribution in [2.75, 3.05) is 19.7 Å². The number of hydrogen-bond donors (Lipinski definition) is 0. The van der Waals surface area contributed by atoms with Crippen LogP contribution in [0.2, 0.25) is 0 Å². The largest absolute Gasteiger partial charge is 0.481 e. The first-order chi connectivity index (χ1) is 14.3. The third kappa shape index (κ3) is 5.47. The molecule has 0 saturated carbocycles. The molecule has 0 radical (unpaired) electrons. The Morgan fingerprint density at radius 2 is 1.77 bits per heavy atom. The van der Waals surface area contributed by atoms with Gasteiger partial charge in [-0.05, 0) is 75.5 Å². The maximum absolute atomic E-state index is 13.1. The summed E-state index contributed by atoms with van der Waals surface area (Å²) in [7, 11) is 0. The van der Waals surface area contributed by atoms with Crippen molar-refractivity contribution in [3.63, 3.8) is 0 Å². The number of piperazine rings is 1. The van der Waals surface area contributed by atoms with Gasteiger partial charge in [-0.25, -0.2) is 4.39 Å². The van der Waals surface area contributed by atoms with E-state index in [1.807, 2.05) is 11.8 Å². The predicted molar refractivity (Wildman–Crippen MR) is 120 cm³/mol. The normalized spacial score (nSPS) is 19.6. The van der Waals surface area contributed by atoms with E-state index in [4.69, 9.17) is 4.74 Å². The van der Waals surface area contributed by atoms with Gasteiger partial charge in [0.15, 0.2) is 6.61 Å². The van der Waals surface area contributed by atoms with E-state index in [0.29, 0.717) is 33.3 Å². The SMILES string of the molecule is CC1CN(C(=O)COc2c(Br)cc(C=O)cc2Br)C(C)CN1Cc1ccc(F)cc1. The van der Waals surface area contributed by atoms with Gasteiger partial charge in [-0.1, -0.05) is 12.1 Å². The first-order valence-electron chi connectivity index (χ1n) is 9.63. The van der Waals surface area contributed by atoms with Gasteiger partial charge in [0, 0.05) is 37.3 Å². The number of hydrogen-bond acceptors (Lipinski definition) is 4. The highest BCUT2D eigenvalue weighted by molar-refractivity contribution is 9.11. The van der Waals surface area contributed by atoms with Crippen molar-refractivity contribution in [3.05, 3.63) is 62.3 Å². The standard InChI is InChI=1S/C22H23Br2FN2O3/c1-14-10-27(15(2)9-26(14)11-16-3-5-18(25)6-4-16)21(29)13-30-22-19(23)7-17(12-28)8-20(22)24/h3-8,12,14-15H,9-11,13H2,1-2H3. The monoisotopic (exact) mass is 540 g/mol. The molecule has 0 spiro atoms. The molecule has 1 aliphatic rings. The summed E-state index contributed by atoms with van der Waals surface area (Å²) in [5.74, 6) is 0.160. The number of benzene rings is 2. The Bertz CT molecular complexity index is 900. The van der Waals surface area contributed by atoms with Crippen molar-refractivity contribution in [3.8, 4) is 5.75 Å². The molecule has 2 aromatic rings. The van der Waals surface area contributed by atoms with Gasteiger partial charge in [0.1, 0.15) is 17.9 Å². The lowest BCUT2D eigenvalue weighted by Gasteiger charge is -2.44. The Labute approximate surface area is 192 Å². The molecule has 0 aromatic heterocycles. The molecule has 0 N–H and O–H groups in total. The lowest BCUT2D eigenvalue weighted by molar-refractivity contribution is -0.139. The summed E-state index contributed by atoms with van der Waals surface area (Å²) in [6.07, 6.45) is 0.749. The van der Waals surface area contributed by atoms with Crippen LogP contribution in [0.25, 0.3) is 0 Å². The lowest BCUT2D eigenvalue weighted by Crippen LogP contribution is -2.58. The number of aldehydes is 1. The van der Waals surface area contributed by atoms with Crippen molar-refractivity contribution in [2.45, 2.75) is 32.5 Å². The zero-order valence-corrected chi connectivity index (χ0v) is 19.9. The molecule has 0 aliphatic carbocycles. The van der Waals surface area contributed by atoms with Crippen molar-refractivity contribution < 1.29 is 18.7 Å². The number of amides is 1. The molecule has 1 saturated heterocycles. The van der Waals surface area contributed by atoms with Crippen LogP contribution in [0.1, 0.15) is 29.8 Å². The number of ether oxygens (including phenoxy) is 1. The Morgan fingerprint density at radius 1 is 1.13 bits per heavy atom. The molecule has 30 heavy (non-hydrogen) atoms. The van der Waals surface area contributed by atoms with Crippen LogP contribution >= 0.6 is 31.9 Å². The van der Waals surface area contributed by atoms with E-state index in [0.717, 1.165) is 18.4 Å². The molecule has 0 bridgehead atoms. The Morgan fingerprint density at radius 3 is 2.37 bits per heavy atom. The molecule has 5 nitrogen and oxygen atoms in total. The molecule has 160 valence electrons. The fourth-order valence-corrected chi connectivity index (χ4v) is 5.04. The highest BCUT2D eigenvalue weighted by atomic mass is 79.9. The smallest absolute Gasteiger partial charge is 0.260 e. The molecule has 2 unspecified atom stereocenters. The van der Waals surface area contributed by atoms with E-state index in [2.05, 4.69) is 43.7 Å². The molecule has 2 atom stereocenters. The second kappa shape index (κ2) is 10.0. The minimum absolute atomic E-state index is 0.0297. The van der Waals surface area contributed by atoms with Crippen LogP contribution in [0.3, 0.4) is 0 Å². The maximum Gasteiger partial charge on any atom is 0.260 e. The number of rotatable bonds is 6. The summed E-state index contributed by atoms with van der Waals surface area (Å²) in [5.41, 5.74) is 1.55. The molecular formula is C22H23Br2FN2O3. The Balaban J connectivity index is 1.60. The van der Waals surface area contributed by atoms with Crippen LogP contribution in [0.4, 0.5) is 4.39 Å². The van der Waals surface area contributed by atoms with Gasteiger partial charge in [0.05, 0.1) is 8.95 Å². The quantitative estimate of drug-likeness (QED) is 0.499. The first kappa shape index (κ1) is 22.9. The topological polar surface area (TPSA) is 49.9 Å². The highest BCUT2D eigenvalue weighted by Gasteiger charge is 2.32. The van der Waals surface area contributed by atoms with E-state index in [1.165, 1.54) is 12.1 Å². The van der Waals surface area contributed by atoms with Crippen LogP contribution in [0.5, 0.6) is 5.75 Å². The number of carbonyl (C=O) groups is 2. The van der Waals surface area contributed by atoms with Crippen molar-refractivity contribution in [2.24, 2.45) is 0 Å². The van der Waals surface area contributed by atoms with Gasteiger partial charge in [-0.2, -0.15) is 0 Å². The molecular weight excluding hydrogens is 519 g/mol. The van der Waals surface area contributed by atoms with Gasteiger partial charge in [-0.3, -0.25) is 14.5 Å². The fraction of sp³-hybridized carbons (Fsp3) is 0.364. The third-order valence-corrected chi connectivity index (χ3v) is 6.41. The van der Waals surface area contributed by atoms with Crippen LogP contribution in [0, 0.1) is 5.82 Å². The minimum atomic E-state index is -0.241. The van der Waals surface area contributed by atoms with Gasteiger partial charge < -0.3 is 9.64 Å². The second-order valence-electron chi connectivity index (χ2n) is 7.52. The maximum atomic E-state index is 13.1. The summed E-state index contributed by atoms with van der Waals surface area (Å²) in [6, 6.07) is 10.0. The van der Waals surface area contributed by atoms with Crippen LogP contribution in [0.15, 0.2) is 45.3 Å². The van der Waals surface area contributed by atoms with E-state index >= 15 is 0 Å². The predicted octanol–water partition coefficient (Wildman–Crippen LogP) is 4.66. The molecule has 2 aromatic carbocycles. The summed E-state index contributed by atoms with van der Waals surface area (Å²) in [4.78, 5) is 27.9. The molecule has 3 rings (SSSR count). The zero-order valence-electron chi connectivity index (χ0n) is 16.8. The average Bonchev–Trinajstić information content (AvgIpc) is 2.71. The zero-order chi connectivity index (χ0) is 21.8. The number of carbonyl (C=O) groups excluding carboxylic acids is 2. The number of halogens is 3. The molecule has 1 aliphatic heterocycles. The fourth-order valence-electron chi connectivity index (χ4n) is 3.59. The second-order valence-corrected chi connectivity index (χ2v) is 9.23. The molecule has 1 amide bonds. The third-order valence-electron chi connectivity index (χ3n) is 5.23. The Hall–Kier alpha value is -1.77. The summed E-state index contributed by atoms with van der Waals surface area (Å²) in [5, 5.41) is 0. The van der Waals surface area contributed by atoms with Crippen LogP contribution in [-0.2, 0) is 11.3 Å².